The number of phenols is 1. The van der Waals surface area contributed by atoms with Crippen molar-refractivity contribution in [2.24, 2.45) is 0 Å². The predicted octanol–water partition coefficient (Wildman–Crippen LogP) is 3.78. The maximum absolute atomic E-state index is 12.3. The van der Waals surface area contributed by atoms with E-state index in [0.29, 0.717) is 36.1 Å². The number of phenolic OH excluding ortho intramolecular Hbond substituents is 1. The van der Waals surface area contributed by atoms with Crippen LogP contribution in [0.5, 0.6) is 11.5 Å². The molecule has 0 atom stereocenters. The van der Waals surface area contributed by atoms with E-state index in [1.807, 2.05) is 6.07 Å². The Kier molecular flexibility index (Phi) is 6.50. The second-order valence-electron chi connectivity index (χ2n) is 6.32. The first-order valence-electron chi connectivity index (χ1n) is 8.75. The summed E-state index contributed by atoms with van der Waals surface area (Å²) in [6.07, 6.45) is 3.23. The third-order valence-corrected chi connectivity index (χ3v) is 4.70. The fraction of sp³-hybridized carbons (Fsp3) is 0.286. The van der Waals surface area contributed by atoms with Crippen LogP contribution in [0.15, 0.2) is 42.5 Å². The second kappa shape index (κ2) is 9.04. The van der Waals surface area contributed by atoms with Gasteiger partial charge >= 0.3 is 0 Å². The predicted molar refractivity (Wildman–Crippen MR) is 106 cm³/mol. The van der Waals surface area contributed by atoms with Crippen LogP contribution in [-0.2, 0) is 11.3 Å². The lowest BCUT2D eigenvalue weighted by Crippen LogP contribution is -2.35. The van der Waals surface area contributed by atoms with Crippen LogP contribution in [0.4, 0.5) is 0 Å². The highest BCUT2D eigenvalue weighted by Gasteiger charge is 2.16. The highest BCUT2D eigenvalue weighted by Crippen LogP contribution is 2.33. The van der Waals surface area contributed by atoms with E-state index < -0.39 is 0 Å². The first kappa shape index (κ1) is 19.4. The molecule has 1 fully saturated rings. The molecule has 2 aromatic carbocycles. The summed E-state index contributed by atoms with van der Waals surface area (Å²) >= 11 is 5.86. The zero-order valence-corrected chi connectivity index (χ0v) is 15.9. The molecule has 3 rings (SSSR count). The minimum absolute atomic E-state index is 0.117. The Hall–Kier alpha value is -2.34. The van der Waals surface area contributed by atoms with E-state index in [4.69, 9.17) is 21.1 Å². The number of hydrogen-bond donors (Lipinski definition) is 1. The van der Waals surface area contributed by atoms with Gasteiger partial charge < -0.3 is 14.6 Å². The molecule has 0 amide bonds. The zero-order chi connectivity index (χ0) is 19.2. The number of benzene rings is 2. The molecule has 0 radical (unpaired) electrons. The van der Waals surface area contributed by atoms with Crippen LogP contribution >= 0.6 is 11.6 Å². The van der Waals surface area contributed by atoms with Crippen molar-refractivity contribution in [2.75, 3.05) is 33.4 Å². The maximum Gasteiger partial charge on any atom is 0.185 e. The van der Waals surface area contributed by atoms with Gasteiger partial charge in [0, 0.05) is 35.8 Å². The maximum atomic E-state index is 12.3. The Morgan fingerprint density at radius 1 is 1.26 bits per heavy atom. The Balaban J connectivity index is 1.80. The lowest BCUT2D eigenvalue weighted by molar-refractivity contribution is 0.0338. The van der Waals surface area contributed by atoms with Crippen molar-refractivity contribution >= 4 is 23.5 Å². The van der Waals surface area contributed by atoms with E-state index in [9.17, 15) is 9.90 Å². The smallest absolute Gasteiger partial charge is 0.185 e. The lowest BCUT2D eigenvalue weighted by Gasteiger charge is -2.27. The number of nitrogens with zero attached hydrogens (tertiary/aromatic N) is 1. The molecule has 1 saturated heterocycles. The van der Waals surface area contributed by atoms with E-state index in [-0.39, 0.29) is 11.5 Å². The highest BCUT2D eigenvalue weighted by molar-refractivity contribution is 6.30. The summed E-state index contributed by atoms with van der Waals surface area (Å²) in [6.45, 7) is 3.60. The Morgan fingerprint density at radius 2 is 1.96 bits per heavy atom. The summed E-state index contributed by atoms with van der Waals surface area (Å²) in [6, 6.07) is 10.3. The van der Waals surface area contributed by atoms with Gasteiger partial charge in [-0.15, -0.1) is 0 Å². The highest BCUT2D eigenvalue weighted by atomic mass is 35.5. The van der Waals surface area contributed by atoms with Gasteiger partial charge in [0.1, 0.15) is 0 Å². The fourth-order valence-corrected chi connectivity index (χ4v) is 3.07. The Labute approximate surface area is 163 Å². The van der Waals surface area contributed by atoms with Gasteiger partial charge in [0.15, 0.2) is 17.3 Å². The molecule has 0 unspecified atom stereocenters. The van der Waals surface area contributed by atoms with E-state index in [2.05, 4.69) is 4.90 Å². The second-order valence-corrected chi connectivity index (χ2v) is 6.76. The minimum Gasteiger partial charge on any atom is -0.504 e. The first-order chi connectivity index (χ1) is 13.1. The van der Waals surface area contributed by atoms with Crippen molar-refractivity contribution in [3.05, 3.63) is 64.2 Å². The van der Waals surface area contributed by atoms with Crippen LogP contribution in [0.1, 0.15) is 21.5 Å². The van der Waals surface area contributed by atoms with Gasteiger partial charge in [0.05, 0.1) is 20.3 Å². The average molecular weight is 388 g/mol. The van der Waals surface area contributed by atoms with Crippen LogP contribution in [0.25, 0.3) is 6.08 Å². The van der Waals surface area contributed by atoms with Gasteiger partial charge in [-0.05, 0) is 48.0 Å². The molecule has 0 aromatic heterocycles. The molecule has 1 aliphatic rings. The third kappa shape index (κ3) is 5.10. The topological polar surface area (TPSA) is 59.0 Å². The van der Waals surface area contributed by atoms with Gasteiger partial charge in [0.25, 0.3) is 0 Å². The van der Waals surface area contributed by atoms with Crippen molar-refractivity contribution in [2.45, 2.75) is 6.54 Å². The molecule has 142 valence electrons. The van der Waals surface area contributed by atoms with Crippen LogP contribution < -0.4 is 4.74 Å². The van der Waals surface area contributed by atoms with E-state index in [1.54, 1.807) is 36.4 Å². The van der Waals surface area contributed by atoms with E-state index >= 15 is 0 Å². The van der Waals surface area contributed by atoms with Crippen molar-refractivity contribution in [3.8, 4) is 11.5 Å². The number of aromatic hydroxyl groups is 1. The summed E-state index contributed by atoms with van der Waals surface area (Å²) < 4.78 is 10.7. The van der Waals surface area contributed by atoms with Crippen LogP contribution in [0, 0.1) is 0 Å². The first-order valence-corrected chi connectivity index (χ1v) is 9.12. The van der Waals surface area contributed by atoms with Crippen LogP contribution in [0.2, 0.25) is 5.02 Å². The SMILES string of the molecule is COc1cc(/C=C/C(=O)c2ccc(Cl)cc2)cc(CN2CCOCC2)c1O. The number of allylic oxidation sites excluding steroid dienone is 1. The van der Waals surface area contributed by atoms with Crippen molar-refractivity contribution in [1.29, 1.82) is 0 Å². The number of carbonyl (C=O) groups is 1. The van der Waals surface area contributed by atoms with Crippen molar-refractivity contribution in [3.63, 3.8) is 0 Å². The normalized spacial score (nSPS) is 15.2. The Morgan fingerprint density at radius 3 is 2.63 bits per heavy atom. The lowest BCUT2D eigenvalue weighted by atomic mass is 10.1. The summed E-state index contributed by atoms with van der Waals surface area (Å²) in [5, 5.41) is 11.0. The number of hydrogen-bond acceptors (Lipinski definition) is 5. The summed E-state index contributed by atoms with van der Waals surface area (Å²) in [7, 11) is 1.51. The molecule has 0 bridgehead atoms. The molecule has 1 N–H and O–H groups in total. The molecular weight excluding hydrogens is 366 g/mol. The van der Waals surface area contributed by atoms with Gasteiger partial charge in [-0.3, -0.25) is 9.69 Å². The van der Waals surface area contributed by atoms with Crippen molar-refractivity contribution in [1.82, 2.24) is 4.90 Å². The van der Waals surface area contributed by atoms with Crippen LogP contribution in [0.3, 0.4) is 0 Å². The molecule has 5 nitrogen and oxygen atoms in total. The molecule has 27 heavy (non-hydrogen) atoms. The van der Waals surface area contributed by atoms with Crippen molar-refractivity contribution < 1.29 is 19.4 Å². The van der Waals surface area contributed by atoms with E-state index in [1.165, 1.54) is 13.2 Å². The summed E-state index contributed by atoms with van der Waals surface area (Å²) in [4.78, 5) is 14.5. The number of rotatable bonds is 6. The standard InChI is InChI=1S/C21H22ClNO4/c1-26-20-13-15(2-7-19(24)16-3-5-18(22)6-4-16)12-17(21(20)25)14-23-8-10-27-11-9-23/h2-7,12-13,25H,8-11,14H2,1H3/b7-2+. The largest absolute Gasteiger partial charge is 0.504 e. The fourth-order valence-electron chi connectivity index (χ4n) is 2.94. The molecule has 1 heterocycles. The molecule has 1 aliphatic heterocycles. The van der Waals surface area contributed by atoms with Crippen LogP contribution in [-0.4, -0.2) is 49.2 Å². The molecule has 0 spiro atoms. The third-order valence-electron chi connectivity index (χ3n) is 4.45. The number of morpholine rings is 1. The zero-order valence-electron chi connectivity index (χ0n) is 15.2. The molecular formula is C21H22ClNO4. The van der Waals surface area contributed by atoms with Gasteiger partial charge in [-0.1, -0.05) is 17.7 Å². The molecule has 6 heteroatoms. The number of methoxy groups -OCH3 is 1. The number of halogens is 1. The molecule has 0 saturated carbocycles. The van der Waals surface area contributed by atoms with Gasteiger partial charge in [-0.2, -0.15) is 0 Å². The average Bonchev–Trinajstić information content (AvgIpc) is 2.69. The minimum atomic E-state index is -0.117. The molecule has 0 aliphatic carbocycles. The molecule has 2 aromatic rings. The summed E-state index contributed by atoms with van der Waals surface area (Å²) in [5.74, 6) is 0.401. The monoisotopic (exact) mass is 387 g/mol. The Bertz CT molecular complexity index is 827. The number of ketones is 1. The van der Waals surface area contributed by atoms with Gasteiger partial charge in [0.2, 0.25) is 0 Å². The van der Waals surface area contributed by atoms with Gasteiger partial charge in [-0.25, -0.2) is 0 Å². The summed E-state index contributed by atoms with van der Waals surface area (Å²) in [5.41, 5.74) is 2.11. The number of carbonyl (C=O) groups excluding carboxylic acids is 1. The quantitative estimate of drug-likeness (QED) is 0.603. The number of ether oxygens (including phenoxy) is 2. The van der Waals surface area contributed by atoms with E-state index in [0.717, 1.165) is 24.2 Å².